The van der Waals surface area contributed by atoms with Crippen molar-refractivity contribution in [2.24, 2.45) is 0 Å². The first-order chi connectivity index (χ1) is 9.69. The molecular weight excluding hydrogens is 260 g/mol. The van der Waals surface area contributed by atoms with Gasteiger partial charge in [-0.1, -0.05) is 0 Å². The summed E-state index contributed by atoms with van der Waals surface area (Å²) in [4.78, 5) is 8.42. The van der Waals surface area contributed by atoms with Crippen LogP contribution in [0.1, 0.15) is 12.5 Å². The Morgan fingerprint density at radius 1 is 0.950 bits per heavy atom. The highest BCUT2D eigenvalue weighted by Crippen LogP contribution is 2.46. The maximum Gasteiger partial charge on any atom is 0.228 e. The van der Waals surface area contributed by atoms with Gasteiger partial charge in [-0.2, -0.15) is 0 Å². The number of fused-ring (bicyclic) bond motifs is 1. The van der Waals surface area contributed by atoms with Gasteiger partial charge in [0.2, 0.25) is 5.88 Å². The Bertz CT molecular complexity index is 628. The molecule has 0 aliphatic rings. The van der Waals surface area contributed by atoms with Gasteiger partial charge in [0.15, 0.2) is 17.2 Å². The molecule has 0 atom stereocenters. The number of rotatable bonds is 5. The predicted octanol–water partition coefficient (Wildman–Crippen LogP) is 2.36. The van der Waals surface area contributed by atoms with Gasteiger partial charge in [-0.3, -0.25) is 0 Å². The fraction of sp³-hybridized carbons (Fsp3) is 0.429. The average Bonchev–Trinajstić information content (AvgIpc) is 2.48. The molecule has 0 saturated carbocycles. The first-order valence-electron chi connectivity index (χ1n) is 6.25. The lowest BCUT2D eigenvalue weighted by Crippen LogP contribution is -2.03. The summed E-state index contributed by atoms with van der Waals surface area (Å²) >= 11 is 0. The zero-order valence-corrected chi connectivity index (χ0v) is 12.3. The largest absolute Gasteiger partial charge is 0.492 e. The molecule has 1 aromatic heterocycles. The molecule has 0 amide bonds. The lowest BCUT2D eigenvalue weighted by Gasteiger charge is -2.18. The molecule has 0 spiro atoms. The van der Waals surface area contributed by atoms with E-state index >= 15 is 0 Å². The van der Waals surface area contributed by atoms with Gasteiger partial charge in [-0.25, -0.2) is 9.97 Å². The van der Waals surface area contributed by atoms with E-state index in [0.717, 1.165) is 5.56 Å². The molecule has 0 N–H and O–H groups in total. The van der Waals surface area contributed by atoms with Crippen molar-refractivity contribution in [2.45, 2.75) is 13.8 Å². The minimum absolute atomic E-state index is 0.422. The molecule has 1 aromatic carbocycles. The summed E-state index contributed by atoms with van der Waals surface area (Å²) in [5.74, 6) is 2.21. The van der Waals surface area contributed by atoms with Gasteiger partial charge in [0.1, 0.15) is 17.2 Å². The molecule has 2 rings (SSSR count). The van der Waals surface area contributed by atoms with Gasteiger partial charge in [-0.05, 0) is 13.8 Å². The van der Waals surface area contributed by atoms with E-state index in [1.54, 1.807) is 21.3 Å². The lowest BCUT2D eigenvalue weighted by atomic mass is 10.1. The normalized spacial score (nSPS) is 10.4. The summed E-state index contributed by atoms with van der Waals surface area (Å²) in [7, 11) is 4.71. The first-order valence-corrected chi connectivity index (χ1v) is 6.25. The second kappa shape index (κ2) is 5.81. The quantitative estimate of drug-likeness (QED) is 0.836. The van der Waals surface area contributed by atoms with Crippen molar-refractivity contribution >= 4 is 10.9 Å². The first kappa shape index (κ1) is 14.2. The third-order valence-corrected chi connectivity index (χ3v) is 3.03. The molecule has 0 aliphatic carbocycles. The minimum Gasteiger partial charge on any atom is -0.492 e. The van der Waals surface area contributed by atoms with Gasteiger partial charge >= 0.3 is 0 Å². The van der Waals surface area contributed by atoms with Crippen LogP contribution < -0.4 is 18.9 Å². The molecular formula is C14H18N2O4. The molecule has 0 radical (unpaired) electrons. The number of nitrogens with zero attached hydrogens (tertiary/aromatic N) is 2. The van der Waals surface area contributed by atoms with E-state index < -0.39 is 0 Å². The Balaban J connectivity index is 2.95. The standard InChI is InChI=1S/C14H18N2O4/c1-6-20-11-8(2)12(17-3)13(18-4)9-10(11)15-7-16-14(9)19-5/h7H,6H2,1-5H3. The maximum atomic E-state index is 5.71. The highest BCUT2D eigenvalue weighted by molar-refractivity contribution is 5.97. The zero-order chi connectivity index (χ0) is 14.7. The van der Waals surface area contributed by atoms with Gasteiger partial charge in [0, 0.05) is 5.56 Å². The van der Waals surface area contributed by atoms with Gasteiger partial charge in [-0.15, -0.1) is 0 Å². The van der Waals surface area contributed by atoms with Crippen LogP contribution in [0.15, 0.2) is 6.33 Å². The van der Waals surface area contributed by atoms with Crippen LogP contribution in [0.5, 0.6) is 23.1 Å². The van der Waals surface area contributed by atoms with Crippen LogP contribution in [0, 0.1) is 6.92 Å². The summed E-state index contributed by atoms with van der Waals surface area (Å²) < 4.78 is 21.9. The van der Waals surface area contributed by atoms with Crippen LogP contribution in [-0.2, 0) is 0 Å². The van der Waals surface area contributed by atoms with Crippen LogP contribution in [0.2, 0.25) is 0 Å². The number of benzene rings is 1. The molecule has 0 unspecified atom stereocenters. The second-order valence-electron chi connectivity index (χ2n) is 4.06. The van der Waals surface area contributed by atoms with Gasteiger partial charge in [0.25, 0.3) is 0 Å². The molecule has 0 fully saturated rings. The number of hydrogen-bond acceptors (Lipinski definition) is 6. The second-order valence-corrected chi connectivity index (χ2v) is 4.06. The van der Waals surface area contributed by atoms with E-state index in [9.17, 15) is 0 Å². The molecule has 108 valence electrons. The van der Waals surface area contributed by atoms with Gasteiger partial charge < -0.3 is 18.9 Å². The third-order valence-electron chi connectivity index (χ3n) is 3.03. The highest BCUT2D eigenvalue weighted by Gasteiger charge is 2.23. The molecule has 6 heteroatoms. The fourth-order valence-corrected chi connectivity index (χ4v) is 2.23. The molecule has 2 aromatic rings. The molecule has 6 nitrogen and oxygen atoms in total. The van der Waals surface area contributed by atoms with Crippen LogP contribution in [0.3, 0.4) is 0 Å². The topological polar surface area (TPSA) is 62.7 Å². The number of methoxy groups -OCH3 is 3. The fourth-order valence-electron chi connectivity index (χ4n) is 2.23. The van der Waals surface area contributed by atoms with Crippen molar-refractivity contribution in [1.29, 1.82) is 0 Å². The van der Waals surface area contributed by atoms with Gasteiger partial charge in [0.05, 0.1) is 27.9 Å². The lowest BCUT2D eigenvalue weighted by molar-refractivity contribution is 0.327. The number of ether oxygens (including phenoxy) is 4. The van der Waals surface area contributed by atoms with E-state index in [2.05, 4.69) is 9.97 Å². The Labute approximate surface area is 117 Å². The summed E-state index contributed by atoms with van der Waals surface area (Å²) in [6, 6.07) is 0. The zero-order valence-electron chi connectivity index (χ0n) is 12.3. The summed E-state index contributed by atoms with van der Waals surface area (Å²) in [5, 5.41) is 0.642. The van der Waals surface area contributed by atoms with E-state index in [0.29, 0.717) is 40.6 Å². The third kappa shape index (κ3) is 2.07. The molecule has 0 aliphatic heterocycles. The summed E-state index contributed by atoms with van der Waals surface area (Å²) in [6.45, 7) is 4.35. The van der Waals surface area contributed by atoms with E-state index in [-0.39, 0.29) is 0 Å². The van der Waals surface area contributed by atoms with E-state index in [1.165, 1.54) is 6.33 Å². The number of hydrogen-bond donors (Lipinski definition) is 0. The van der Waals surface area contributed by atoms with Crippen molar-refractivity contribution in [3.8, 4) is 23.1 Å². The Kier molecular flexibility index (Phi) is 4.12. The SMILES string of the molecule is CCOc1c(C)c(OC)c(OC)c2c(OC)ncnc12. The van der Waals surface area contributed by atoms with Crippen LogP contribution in [-0.4, -0.2) is 37.9 Å². The number of aromatic nitrogens is 2. The Morgan fingerprint density at radius 2 is 1.65 bits per heavy atom. The maximum absolute atomic E-state index is 5.71. The smallest absolute Gasteiger partial charge is 0.228 e. The predicted molar refractivity (Wildman–Crippen MR) is 75.1 cm³/mol. The van der Waals surface area contributed by atoms with Crippen molar-refractivity contribution < 1.29 is 18.9 Å². The average molecular weight is 278 g/mol. The molecule has 0 bridgehead atoms. The van der Waals surface area contributed by atoms with Crippen molar-refractivity contribution in [2.75, 3.05) is 27.9 Å². The van der Waals surface area contributed by atoms with E-state index in [4.69, 9.17) is 18.9 Å². The van der Waals surface area contributed by atoms with Crippen molar-refractivity contribution in [3.05, 3.63) is 11.9 Å². The summed E-state index contributed by atoms with van der Waals surface area (Å²) in [5.41, 5.74) is 1.48. The van der Waals surface area contributed by atoms with Crippen LogP contribution >= 0.6 is 0 Å². The van der Waals surface area contributed by atoms with Crippen LogP contribution in [0.25, 0.3) is 10.9 Å². The highest BCUT2D eigenvalue weighted by atomic mass is 16.5. The summed E-state index contributed by atoms with van der Waals surface area (Å²) in [6.07, 6.45) is 1.44. The van der Waals surface area contributed by atoms with Crippen molar-refractivity contribution in [1.82, 2.24) is 9.97 Å². The monoisotopic (exact) mass is 278 g/mol. The molecule has 20 heavy (non-hydrogen) atoms. The van der Waals surface area contributed by atoms with Crippen molar-refractivity contribution in [3.63, 3.8) is 0 Å². The molecule has 1 heterocycles. The molecule has 0 saturated heterocycles. The Hall–Kier alpha value is -2.24. The minimum atomic E-state index is 0.422. The van der Waals surface area contributed by atoms with E-state index in [1.807, 2.05) is 13.8 Å². The van der Waals surface area contributed by atoms with Crippen LogP contribution in [0.4, 0.5) is 0 Å². The Morgan fingerprint density at radius 3 is 2.20 bits per heavy atom.